The standard InChI is InChI=1S/C17H18F2N2O4/c1-8(7-22)20-17(24)11-6-21(9-3-4-9)14-10(15(11)23)5-12(18)13(19)16(14)25-2/h5-6,8-9,22H,3-4,7H2,1-2H3,(H,20,24). The van der Waals surface area contributed by atoms with Crippen molar-refractivity contribution in [3.05, 3.63) is 39.7 Å². The molecule has 1 aliphatic carbocycles. The second kappa shape index (κ2) is 6.44. The third-order valence-corrected chi connectivity index (χ3v) is 4.21. The fourth-order valence-corrected chi connectivity index (χ4v) is 2.77. The molecule has 0 aliphatic heterocycles. The van der Waals surface area contributed by atoms with Crippen molar-refractivity contribution in [3.8, 4) is 5.75 Å². The summed E-state index contributed by atoms with van der Waals surface area (Å²) in [6.07, 6.45) is 2.95. The highest BCUT2D eigenvalue weighted by Gasteiger charge is 2.30. The van der Waals surface area contributed by atoms with Crippen LogP contribution in [0.4, 0.5) is 8.78 Å². The molecule has 3 rings (SSSR count). The van der Waals surface area contributed by atoms with E-state index in [1.165, 1.54) is 13.3 Å². The van der Waals surface area contributed by atoms with Crippen LogP contribution in [0.25, 0.3) is 10.9 Å². The Kier molecular flexibility index (Phi) is 4.47. The fourth-order valence-electron chi connectivity index (χ4n) is 2.77. The van der Waals surface area contributed by atoms with E-state index in [0.717, 1.165) is 18.9 Å². The smallest absolute Gasteiger partial charge is 0.257 e. The summed E-state index contributed by atoms with van der Waals surface area (Å²) in [5.41, 5.74) is -0.764. The van der Waals surface area contributed by atoms with Gasteiger partial charge in [0.05, 0.1) is 24.6 Å². The van der Waals surface area contributed by atoms with Crippen LogP contribution in [0, 0.1) is 11.6 Å². The zero-order valence-corrected chi connectivity index (χ0v) is 13.8. The number of benzene rings is 1. The maximum atomic E-state index is 14.1. The second-order valence-corrected chi connectivity index (χ2v) is 6.17. The maximum Gasteiger partial charge on any atom is 0.257 e. The summed E-state index contributed by atoms with van der Waals surface area (Å²) in [5.74, 6) is -3.42. The van der Waals surface area contributed by atoms with E-state index < -0.39 is 29.0 Å². The van der Waals surface area contributed by atoms with Crippen LogP contribution in [0.2, 0.25) is 0 Å². The molecule has 1 fully saturated rings. The molecule has 6 nitrogen and oxygen atoms in total. The molecule has 0 bridgehead atoms. The molecule has 25 heavy (non-hydrogen) atoms. The Morgan fingerprint density at radius 1 is 1.48 bits per heavy atom. The summed E-state index contributed by atoms with van der Waals surface area (Å²) < 4.78 is 34.5. The van der Waals surface area contributed by atoms with Crippen molar-refractivity contribution in [1.82, 2.24) is 9.88 Å². The topological polar surface area (TPSA) is 80.6 Å². The number of halogens is 2. The van der Waals surface area contributed by atoms with Gasteiger partial charge in [0.25, 0.3) is 5.91 Å². The number of ether oxygens (including phenoxy) is 1. The van der Waals surface area contributed by atoms with Gasteiger partial charge in [-0.1, -0.05) is 0 Å². The number of nitrogens with zero attached hydrogens (tertiary/aromatic N) is 1. The van der Waals surface area contributed by atoms with Crippen molar-refractivity contribution in [2.75, 3.05) is 13.7 Å². The summed E-state index contributed by atoms with van der Waals surface area (Å²) in [7, 11) is 1.20. The minimum absolute atomic E-state index is 0.0105. The second-order valence-electron chi connectivity index (χ2n) is 6.17. The highest BCUT2D eigenvalue weighted by molar-refractivity contribution is 5.98. The highest BCUT2D eigenvalue weighted by Crippen LogP contribution is 2.40. The van der Waals surface area contributed by atoms with E-state index in [2.05, 4.69) is 5.32 Å². The van der Waals surface area contributed by atoms with Crippen LogP contribution in [-0.4, -0.2) is 35.3 Å². The lowest BCUT2D eigenvalue weighted by molar-refractivity contribution is 0.0920. The van der Waals surface area contributed by atoms with Gasteiger partial charge in [-0.2, -0.15) is 4.39 Å². The minimum atomic E-state index is -1.22. The minimum Gasteiger partial charge on any atom is -0.491 e. The van der Waals surface area contributed by atoms with Crippen molar-refractivity contribution < 1.29 is 23.4 Å². The lowest BCUT2D eigenvalue weighted by atomic mass is 10.1. The van der Waals surface area contributed by atoms with Gasteiger partial charge in [0.2, 0.25) is 11.2 Å². The molecule has 2 N–H and O–H groups in total. The molecule has 0 spiro atoms. The van der Waals surface area contributed by atoms with Gasteiger partial charge in [-0.05, 0) is 25.8 Å². The number of aromatic nitrogens is 1. The number of nitrogens with one attached hydrogen (secondary N) is 1. The number of rotatable bonds is 5. The Morgan fingerprint density at radius 3 is 2.72 bits per heavy atom. The van der Waals surface area contributed by atoms with E-state index in [1.807, 2.05) is 0 Å². The van der Waals surface area contributed by atoms with Crippen molar-refractivity contribution in [1.29, 1.82) is 0 Å². The fraction of sp³-hybridized carbons (Fsp3) is 0.412. The first-order chi connectivity index (χ1) is 11.9. The molecule has 1 saturated carbocycles. The number of fused-ring (bicyclic) bond motifs is 1. The summed E-state index contributed by atoms with van der Waals surface area (Å²) in [6, 6.07) is 0.237. The Hall–Kier alpha value is -2.48. The number of carbonyl (C=O) groups excluding carboxylic acids is 1. The highest BCUT2D eigenvalue weighted by atomic mass is 19.2. The third-order valence-electron chi connectivity index (χ3n) is 4.21. The molecule has 1 unspecified atom stereocenters. The Bertz CT molecular complexity index is 906. The predicted octanol–water partition coefficient (Wildman–Crippen LogP) is 1.73. The van der Waals surface area contributed by atoms with Crippen LogP contribution in [0.15, 0.2) is 17.1 Å². The van der Waals surface area contributed by atoms with Crippen LogP contribution in [0.3, 0.4) is 0 Å². The average Bonchev–Trinajstić information content (AvgIpc) is 3.41. The van der Waals surface area contributed by atoms with Gasteiger partial charge in [-0.15, -0.1) is 0 Å². The number of aliphatic hydroxyl groups is 1. The van der Waals surface area contributed by atoms with Gasteiger partial charge in [0.1, 0.15) is 5.56 Å². The van der Waals surface area contributed by atoms with Crippen molar-refractivity contribution in [2.45, 2.75) is 31.8 Å². The van der Waals surface area contributed by atoms with Gasteiger partial charge in [0.15, 0.2) is 11.6 Å². The Labute approximate surface area is 142 Å². The van der Waals surface area contributed by atoms with Gasteiger partial charge in [0, 0.05) is 18.3 Å². The number of methoxy groups -OCH3 is 1. The van der Waals surface area contributed by atoms with Crippen molar-refractivity contribution >= 4 is 16.8 Å². The molecule has 1 amide bonds. The number of pyridine rings is 1. The van der Waals surface area contributed by atoms with E-state index in [9.17, 15) is 18.4 Å². The molecule has 134 valence electrons. The molecule has 1 aromatic heterocycles. The maximum absolute atomic E-state index is 14.1. The lowest BCUT2D eigenvalue weighted by Crippen LogP contribution is -2.38. The van der Waals surface area contributed by atoms with Gasteiger partial charge < -0.3 is 19.7 Å². The number of aliphatic hydroxyl groups excluding tert-OH is 1. The van der Waals surface area contributed by atoms with Gasteiger partial charge in [-0.3, -0.25) is 9.59 Å². The average molecular weight is 352 g/mol. The number of hydrogen-bond acceptors (Lipinski definition) is 4. The number of carbonyl (C=O) groups is 1. The van der Waals surface area contributed by atoms with Crippen molar-refractivity contribution in [2.24, 2.45) is 0 Å². The van der Waals surface area contributed by atoms with Crippen LogP contribution in [0.5, 0.6) is 5.75 Å². The molecular weight excluding hydrogens is 334 g/mol. The molecule has 1 heterocycles. The molecule has 0 saturated heterocycles. The normalized spacial score (nSPS) is 15.2. The van der Waals surface area contributed by atoms with Crippen LogP contribution < -0.4 is 15.5 Å². The zero-order valence-electron chi connectivity index (χ0n) is 13.8. The van der Waals surface area contributed by atoms with E-state index in [1.54, 1.807) is 11.5 Å². The third kappa shape index (κ3) is 2.97. The number of hydrogen-bond donors (Lipinski definition) is 2. The van der Waals surface area contributed by atoms with E-state index >= 15 is 0 Å². The van der Waals surface area contributed by atoms with E-state index in [0.29, 0.717) is 0 Å². The quantitative estimate of drug-likeness (QED) is 0.859. The van der Waals surface area contributed by atoms with Crippen LogP contribution in [-0.2, 0) is 0 Å². The van der Waals surface area contributed by atoms with Crippen molar-refractivity contribution in [3.63, 3.8) is 0 Å². The molecule has 1 aromatic carbocycles. The van der Waals surface area contributed by atoms with E-state index in [-0.39, 0.29) is 34.9 Å². The molecule has 1 atom stereocenters. The predicted molar refractivity (Wildman–Crippen MR) is 87.0 cm³/mol. The first kappa shape index (κ1) is 17.3. The molecular formula is C17H18F2N2O4. The first-order valence-corrected chi connectivity index (χ1v) is 7.91. The molecule has 8 heteroatoms. The monoisotopic (exact) mass is 352 g/mol. The van der Waals surface area contributed by atoms with E-state index in [4.69, 9.17) is 9.84 Å². The lowest BCUT2D eigenvalue weighted by Gasteiger charge is -2.17. The Balaban J connectivity index is 2.29. The van der Waals surface area contributed by atoms with Crippen LogP contribution >= 0.6 is 0 Å². The molecule has 2 aromatic rings. The summed E-state index contributed by atoms with van der Waals surface area (Å²) >= 11 is 0. The zero-order chi connectivity index (χ0) is 18.3. The summed E-state index contributed by atoms with van der Waals surface area (Å²) in [6.45, 7) is 1.29. The van der Waals surface area contributed by atoms with Gasteiger partial charge >= 0.3 is 0 Å². The largest absolute Gasteiger partial charge is 0.491 e. The molecule has 0 radical (unpaired) electrons. The summed E-state index contributed by atoms with van der Waals surface area (Å²) in [4.78, 5) is 25.0. The van der Waals surface area contributed by atoms with Crippen LogP contribution in [0.1, 0.15) is 36.2 Å². The van der Waals surface area contributed by atoms with Gasteiger partial charge in [-0.25, -0.2) is 4.39 Å². The SMILES string of the molecule is COc1c(F)c(F)cc2c(=O)c(C(=O)NC(C)CO)cn(C3CC3)c12. The Morgan fingerprint density at radius 2 is 2.16 bits per heavy atom. The number of amides is 1. The molecule has 1 aliphatic rings. The summed E-state index contributed by atoms with van der Waals surface area (Å²) in [5, 5.41) is 11.4. The first-order valence-electron chi connectivity index (χ1n) is 7.91.